The first-order chi connectivity index (χ1) is 19.5. The molecule has 0 unspecified atom stereocenters. The average molecular weight is 593 g/mol. The number of benzene rings is 4. The molecule has 0 atom stereocenters. The van der Waals surface area contributed by atoms with Gasteiger partial charge in [0.25, 0.3) is 20.0 Å². The highest BCUT2D eigenvalue weighted by Crippen LogP contribution is 2.34. The molecule has 1 aromatic heterocycles. The Kier molecular flexibility index (Phi) is 7.41. The van der Waals surface area contributed by atoms with Gasteiger partial charge in [0.1, 0.15) is 17.1 Å². The van der Waals surface area contributed by atoms with Crippen LogP contribution in [0.5, 0.6) is 0 Å². The van der Waals surface area contributed by atoms with Gasteiger partial charge in [-0.3, -0.25) is 4.79 Å². The summed E-state index contributed by atoms with van der Waals surface area (Å²) in [6, 6.07) is 20.6. The van der Waals surface area contributed by atoms with Crippen LogP contribution >= 0.6 is 0 Å². The SMILES string of the molecule is Cc1cc2occ(CC(=O)Nc3ccc(F)c(N(S(=O)(=O)c4ccccc4)S(=O)(=O)c4ccccc4)c3)c2cc1C. The molecule has 5 rings (SSSR count). The number of carbonyl (C=O) groups excluding carboxylic acids is 1. The van der Waals surface area contributed by atoms with Gasteiger partial charge in [-0.05, 0) is 79.6 Å². The zero-order chi connectivity index (χ0) is 29.4. The summed E-state index contributed by atoms with van der Waals surface area (Å²) >= 11 is 0. The number of anilines is 2. The summed E-state index contributed by atoms with van der Waals surface area (Å²) in [6.07, 6.45) is 1.40. The fourth-order valence-electron chi connectivity index (χ4n) is 4.35. The maximum absolute atomic E-state index is 15.3. The lowest BCUT2D eigenvalue weighted by Gasteiger charge is -2.25. The van der Waals surface area contributed by atoms with Gasteiger partial charge in [-0.2, -0.15) is 3.71 Å². The van der Waals surface area contributed by atoms with Crippen LogP contribution in [0.3, 0.4) is 0 Å². The number of furan rings is 1. The Bertz CT molecular complexity index is 1900. The molecule has 0 radical (unpaired) electrons. The Labute approximate surface area is 237 Å². The van der Waals surface area contributed by atoms with Crippen molar-refractivity contribution in [3.63, 3.8) is 0 Å². The molecular weight excluding hydrogens is 567 g/mol. The minimum absolute atomic E-state index is 0.00255. The maximum atomic E-state index is 15.3. The minimum Gasteiger partial charge on any atom is -0.464 e. The summed E-state index contributed by atoms with van der Waals surface area (Å²) in [4.78, 5) is 12.3. The lowest BCUT2D eigenvalue weighted by Crippen LogP contribution is -2.37. The first kappa shape index (κ1) is 28.1. The molecule has 0 saturated heterocycles. The zero-order valence-electron chi connectivity index (χ0n) is 22.0. The lowest BCUT2D eigenvalue weighted by molar-refractivity contribution is -0.115. The second-order valence-corrected chi connectivity index (χ2v) is 13.2. The van der Waals surface area contributed by atoms with Crippen LogP contribution in [0.25, 0.3) is 11.0 Å². The fraction of sp³-hybridized carbons (Fsp3) is 0.100. The third kappa shape index (κ3) is 5.46. The summed E-state index contributed by atoms with van der Waals surface area (Å²) < 4.78 is 75.8. The average Bonchev–Trinajstić information content (AvgIpc) is 3.32. The Hall–Kier alpha value is -4.48. The molecule has 5 aromatic rings. The predicted octanol–water partition coefficient (Wildman–Crippen LogP) is 5.95. The highest BCUT2D eigenvalue weighted by Gasteiger charge is 2.38. The first-order valence-electron chi connectivity index (χ1n) is 12.5. The summed E-state index contributed by atoms with van der Waals surface area (Å²) in [6.45, 7) is 3.90. The second kappa shape index (κ2) is 10.8. The molecule has 0 bridgehead atoms. The van der Waals surface area contributed by atoms with Gasteiger partial charge >= 0.3 is 0 Å². The van der Waals surface area contributed by atoms with Gasteiger partial charge in [0.2, 0.25) is 5.91 Å². The summed E-state index contributed by atoms with van der Waals surface area (Å²) in [7, 11) is -9.64. The molecule has 0 aliphatic rings. The van der Waals surface area contributed by atoms with E-state index in [0.717, 1.165) is 28.6 Å². The Morgan fingerprint density at radius 2 is 1.37 bits per heavy atom. The number of halogens is 1. The standard InChI is InChI=1S/C30H25FN2O6S2/c1-20-15-26-22(19-39-29(26)16-21(20)2)17-30(34)32-23-13-14-27(31)28(18-23)33(40(35,36)24-9-5-3-6-10-24)41(37,38)25-11-7-4-8-12-25/h3-16,18-19H,17H2,1-2H3,(H,32,34). The number of hydrogen-bond acceptors (Lipinski definition) is 6. The van der Waals surface area contributed by atoms with Gasteiger partial charge in [0, 0.05) is 16.6 Å². The number of fused-ring (bicyclic) bond motifs is 1. The van der Waals surface area contributed by atoms with Crippen molar-refractivity contribution in [3.8, 4) is 0 Å². The van der Waals surface area contributed by atoms with Crippen molar-refractivity contribution in [1.29, 1.82) is 0 Å². The van der Waals surface area contributed by atoms with Gasteiger partial charge in [0.05, 0.1) is 22.5 Å². The highest BCUT2D eigenvalue weighted by molar-refractivity contribution is 8.10. The third-order valence-electron chi connectivity index (χ3n) is 6.57. The largest absolute Gasteiger partial charge is 0.464 e. The van der Waals surface area contributed by atoms with Crippen molar-refractivity contribution in [3.05, 3.63) is 120 Å². The summed E-state index contributed by atoms with van der Waals surface area (Å²) in [5, 5.41) is 3.39. The molecule has 4 aromatic carbocycles. The van der Waals surface area contributed by atoms with Crippen molar-refractivity contribution < 1.29 is 30.4 Å². The molecule has 0 fully saturated rings. The van der Waals surface area contributed by atoms with E-state index in [1.807, 2.05) is 26.0 Å². The normalized spacial score (nSPS) is 11.9. The minimum atomic E-state index is -4.82. The molecule has 1 N–H and O–H groups in total. The van der Waals surface area contributed by atoms with Crippen molar-refractivity contribution in [2.75, 3.05) is 9.03 Å². The number of hydrogen-bond donors (Lipinski definition) is 1. The van der Waals surface area contributed by atoms with E-state index in [2.05, 4.69) is 5.32 Å². The van der Waals surface area contributed by atoms with Gasteiger partial charge in [-0.1, -0.05) is 36.4 Å². The van der Waals surface area contributed by atoms with Gasteiger partial charge in [-0.25, -0.2) is 21.2 Å². The van der Waals surface area contributed by atoms with E-state index in [1.165, 1.54) is 60.9 Å². The maximum Gasteiger partial charge on any atom is 0.277 e. The molecule has 210 valence electrons. The molecule has 0 spiro atoms. The van der Waals surface area contributed by atoms with Crippen molar-refractivity contribution in [2.45, 2.75) is 30.1 Å². The quantitative estimate of drug-likeness (QED) is 0.238. The highest BCUT2D eigenvalue weighted by atomic mass is 32.3. The number of nitrogens with zero attached hydrogens (tertiary/aromatic N) is 1. The molecule has 41 heavy (non-hydrogen) atoms. The van der Waals surface area contributed by atoms with Crippen LogP contribution in [-0.4, -0.2) is 22.7 Å². The van der Waals surface area contributed by atoms with Crippen LogP contribution in [0.1, 0.15) is 16.7 Å². The number of carbonyl (C=O) groups is 1. The van der Waals surface area contributed by atoms with E-state index < -0.39 is 37.5 Å². The Balaban J connectivity index is 1.54. The number of nitrogens with one attached hydrogen (secondary N) is 1. The zero-order valence-corrected chi connectivity index (χ0v) is 23.7. The molecule has 11 heteroatoms. The van der Waals surface area contributed by atoms with E-state index >= 15 is 4.39 Å². The van der Waals surface area contributed by atoms with Crippen LogP contribution in [0.15, 0.2) is 111 Å². The monoisotopic (exact) mass is 592 g/mol. The number of sulfonamides is 2. The van der Waals surface area contributed by atoms with E-state index in [9.17, 15) is 21.6 Å². The molecule has 0 saturated carbocycles. The predicted molar refractivity (Wildman–Crippen MR) is 154 cm³/mol. The van der Waals surface area contributed by atoms with Crippen LogP contribution in [0.2, 0.25) is 0 Å². The van der Waals surface area contributed by atoms with Crippen LogP contribution in [0.4, 0.5) is 15.8 Å². The molecule has 0 aliphatic carbocycles. The molecule has 1 amide bonds. The number of rotatable bonds is 8. The molecule has 8 nitrogen and oxygen atoms in total. The van der Waals surface area contributed by atoms with Gasteiger partial charge in [-0.15, -0.1) is 0 Å². The van der Waals surface area contributed by atoms with E-state index in [4.69, 9.17) is 4.42 Å². The molecule has 1 heterocycles. The van der Waals surface area contributed by atoms with Crippen LogP contribution in [0, 0.1) is 19.7 Å². The Morgan fingerprint density at radius 1 is 0.805 bits per heavy atom. The smallest absolute Gasteiger partial charge is 0.277 e. The fourth-order valence-corrected chi connectivity index (χ4v) is 8.08. The second-order valence-electron chi connectivity index (χ2n) is 9.42. The first-order valence-corrected chi connectivity index (χ1v) is 15.3. The third-order valence-corrected chi connectivity index (χ3v) is 10.7. The summed E-state index contributed by atoms with van der Waals surface area (Å²) in [5.74, 6) is -1.61. The number of aryl methyl sites for hydroxylation is 2. The van der Waals surface area contributed by atoms with E-state index in [-0.39, 0.29) is 25.6 Å². The van der Waals surface area contributed by atoms with Gasteiger partial charge in [0.15, 0.2) is 0 Å². The lowest BCUT2D eigenvalue weighted by atomic mass is 10.0. The van der Waals surface area contributed by atoms with Crippen molar-refractivity contribution >= 4 is 48.3 Å². The van der Waals surface area contributed by atoms with Crippen LogP contribution < -0.4 is 9.03 Å². The number of amides is 1. The van der Waals surface area contributed by atoms with E-state index in [0.29, 0.717) is 11.1 Å². The van der Waals surface area contributed by atoms with Gasteiger partial charge < -0.3 is 9.73 Å². The van der Waals surface area contributed by atoms with Crippen molar-refractivity contribution in [2.24, 2.45) is 0 Å². The molecular formula is C30H25FN2O6S2. The van der Waals surface area contributed by atoms with Crippen molar-refractivity contribution in [1.82, 2.24) is 0 Å². The topological polar surface area (TPSA) is 114 Å². The van der Waals surface area contributed by atoms with Crippen LogP contribution in [-0.2, 0) is 31.3 Å². The summed E-state index contributed by atoms with van der Waals surface area (Å²) in [5.41, 5.74) is 2.57. The van der Waals surface area contributed by atoms with E-state index in [1.54, 1.807) is 12.1 Å². The molecule has 0 aliphatic heterocycles. The Morgan fingerprint density at radius 3 is 1.95 bits per heavy atom.